The van der Waals surface area contributed by atoms with Crippen molar-refractivity contribution < 1.29 is 28.4 Å². The highest BCUT2D eigenvalue weighted by Gasteiger charge is 2.10. The molecule has 0 aliphatic carbocycles. The number of hydrogen-bond donors (Lipinski definition) is 0. The first-order valence-electron chi connectivity index (χ1n) is 18.3. The van der Waals surface area contributed by atoms with E-state index in [1.807, 2.05) is 176 Å². The Hall–Kier alpha value is -6.66. The normalized spacial score (nSPS) is 10.7. The van der Waals surface area contributed by atoms with Gasteiger partial charge in [0.05, 0.1) is 0 Å². The predicted octanol–water partition coefficient (Wildman–Crippen LogP) is 11.3. The van der Waals surface area contributed by atoms with Crippen LogP contribution in [0.1, 0.15) is 38.9 Å². The monoisotopic (exact) mass is 727 g/mol. The van der Waals surface area contributed by atoms with E-state index in [-0.39, 0.29) is 13.2 Å². The lowest BCUT2D eigenvalue weighted by Gasteiger charge is -2.15. The Morgan fingerprint density at radius 2 is 0.473 bits per heavy atom. The van der Waals surface area contributed by atoms with Crippen LogP contribution in [0.3, 0.4) is 0 Å². The van der Waals surface area contributed by atoms with Gasteiger partial charge in [0.1, 0.15) is 74.1 Å². The Morgan fingerprint density at radius 3 is 0.727 bits per heavy atom. The molecule has 0 aliphatic heterocycles. The van der Waals surface area contributed by atoms with E-state index in [2.05, 4.69) is 6.92 Å². The van der Waals surface area contributed by atoms with Crippen molar-refractivity contribution in [2.75, 3.05) is 0 Å². The summed E-state index contributed by atoms with van der Waals surface area (Å²) < 4.78 is 37.4. The standard InChI is InChI=1S/C49H43O6/c1-37-22-44(54-35-42-24-46(50-31-38-14-6-2-7-15-38)29-47(25-42)51-32-39-16-8-3-9-17-39)28-45(23-37)55-36-43-26-48(52-33-40-18-10-4-11-19-40)30-49(27-43)53-34-41-20-12-5-13-21-41/h2-30H,1,31-36H2. The summed E-state index contributed by atoms with van der Waals surface area (Å²) in [5.41, 5.74) is 6.90. The van der Waals surface area contributed by atoms with Gasteiger partial charge in [-0.2, -0.15) is 0 Å². The molecule has 0 bridgehead atoms. The molecule has 0 saturated carbocycles. The van der Waals surface area contributed by atoms with Gasteiger partial charge in [-0.15, -0.1) is 0 Å². The zero-order valence-corrected chi connectivity index (χ0v) is 30.6. The second-order valence-electron chi connectivity index (χ2n) is 13.1. The third kappa shape index (κ3) is 11.7. The Kier molecular flexibility index (Phi) is 12.6. The van der Waals surface area contributed by atoms with Crippen molar-refractivity contribution in [2.45, 2.75) is 39.6 Å². The van der Waals surface area contributed by atoms with Crippen LogP contribution in [0.5, 0.6) is 34.5 Å². The highest BCUT2D eigenvalue weighted by atomic mass is 16.5. The third-order valence-corrected chi connectivity index (χ3v) is 8.62. The summed E-state index contributed by atoms with van der Waals surface area (Å²) in [6.07, 6.45) is 0. The van der Waals surface area contributed by atoms with Gasteiger partial charge >= 0.3 is 0 Å². The van der Waals surface area contributed by atoms with Crippen LogP contribution in [0.2, 0.25) is 0 Å². The fraction of sp³-hybridized carbons (Fsp3) is 0.122. The quantitative estimate of drug-likeness (QED) is 0.0877. The average molecular weight is 728 g/mol. The summed E-state index contributed by atoms with van der Waals surface area (Å²) in [4.78, 5) is 0. The van der Waals surface area contributed by atoms with Gasteiger partial charge in [0.2, 0.25) is 0 Å². The highest BCUT2D eigenvalue weighted by Crippen LogP contribution is 2.30. The van der Waals surface area contributed by atoms with Gasteiger partial charge in [0.25, 0.3) is 0 Å². The first-order chi connectivity index (χ1) is 27.1. The van der Waals surface area contributed by atoms with Crippen molar-refractivity contribution in [3.05, 3.63) is 222 Å². The number of benzene rings is 7. The molecule has 0 unspecified atom stereocenters. The minimum atomic E-state index is 0.288. The maximum Gasteiger partial charge on any atom is 0.123 e. The molecule has 0 aromatic heterocycles. The van der Waals surface area contributed by atoms with Gasteiger partial charge in [-0.3, -0.25) is 0 Å². The van der Waals surface area contributed by atoms with Crippen LogP contribution in [0.25, 0.3) is 0 Å². The van der Waals surface area contributed by atoms with Crippen LogP contribution in [-0.4, -0.2) is 0 Å². The van der Waals surface area contributed by atoms with Gasteiger partial charge in [0, 0.05) is 18.2 Å². The molecule has 275 valence electrons. The highest BCUT2D eigenvalue weighted by molar-refractivity contribution is 5.43. The zero-order chi connectivity index (χ0) is 37.5. The van der Waals surface area contributed by atoms with Gasteiger partial charge in [-0.05, 0) is 82.3 Å². The summed E-state index contributed by atoms with van der Waals surface area (Å²) in [5.74, 6) is 4.07. The van der Waals surface area contributed by atoms with Gasteiger partial charge in [0.15, 0.2) is 0 Å². The topological polar surface area (TPSA) is 55.4 Å². The lowest BCUT2D eigenvalue weighted by atomic mass is 10.2. The SMILES string of the molecule is [CH2]c1cc(OCc2cc(OCc3ccccc3)cc(OCc3ccccc3)c2)cc(OCc2cc(OCc3ccccc3)cc(OCc3ccccc3)c2)c1. The molecule has 0 fully saturated rings. The summed E-state index contributed by atoms with van der Waals surface area (Å²) in [5, 5.41) is 0. The molecule has 0 spiro atoms. The van der Waals surface area contributed by atoms with Crippen LogP contribution in [-0.2, 0) is 39.6 Å². The molecule has 0 aliphatic rings. The second kappa shape index (κ2) is 18.9. The molecular formula is C49H43O6. The number of rotatable bonds is 18. The van der Waals surface area contributed by atoms with Gasteiger partial charge < -0.3 is 28.4 Å². The van der Waals surface area contributed by atoms with E-state index in [1.165, 1.54) is 0 Å². The van der Waals surface area contributed by atoms with Crippen molar-refractivity contribution >= 4 is 0 Å². The number of hydrogen-bond acceptors (Lipinski definition) is 6. The molecule has 1 radical (unpaired) electrons. The van der Waals surface area contributed by atoms with Crippen molar-refractivity contribution in [2.24, 2.45) is 0 Å². The molecule has 0 amide bonds. The molecule has 7 aromatic rings. The van der Waals surface area contributed by atoms with Crippen molar-refractivity contribution in [1.29, 1.82) is 0 Å². The maximum absolute atomic E-state index is 6.32. The van der Waals surface area contributed by atoms with Crippen LogP contribution in [0, 0.1) is 6.92 Å². The zero-order valence-electron chi connectivity index (χ0n) is 30.6. The van der Waals surface area contributed by atoms with Crippen molar-refractivity contribution in [3.63, 3.8) is 0 Å². The molecule has 0 heterocycles. The molecule has 55 heavy (non-hydrogen) atoms. The van der Waals surface area contributed by atoms with E-state index in [4.69, 9.17) is 28.4 Å². The van der Waals surface area contributed by atoms with Crippen molar-refractivity contribution in [1.82, 2.24) is 0 Å². The van der Waals surface area contributed by atoms with Crippen LogP contribution < -0.4 is 28.4 Å². The van der Waals surface area contributed by atoms with Gasteiger partial charge in [-0.25, -0.2) is 0 Å². The fourth-order valence-electron chi connectivity index (χ4n) is 5.86. The predicted molar refractivity (Wildman–Crippen MR) is 216 cm³/mol. The third-order valence-electron chi connectivity index (χ3n) is 8.62. The molecule has 0 atom stereocenters. The Labute approximate surface area is 323 Å². The lowest BCUT2D eigenvalue weighted by molar-refractivity contribution is 0.276. The maximum atomic E-state index is 6.32. The summed E-state index contributed by atoms with van der Waals surface area (Å²) >= 11 is 0. The van der Waals surface area contributed by atoms with Crippen LogP contribution >= 0.6 is 0 Å². The summed E-state index contributed by atoms with van der Waals surface area (Å²) in [6.45, 7) is 6.52. The molecular weight excluding hydrogens is 685 g/mol. The minimum Gasteiger partial charge on any atom is -0.489 e. The van der Waals surface area contributed by atoms with E-state index in [0.717, 1.165) is 38.9 Å². The first kappa shape index (κ1) is 36.7. The lowest BCUT2D eigenvalue weighted by Crippen LogP contribution is -2.02. The second-order valence-corrected chi connectivity index (χ2v) is 13.1. The van der Waals surface area contributed by atoms with Gasteiger partial charge in [-0.1, -0.05) is 121 Å². The van der Waals surface area contributed by atoms with E-state index in [9.17, 15) is 0 Å². The summed E-state index contributed by atoms with van der Waals surface area (Å²) in [6, 6.07) is 57.7. The fourth-order valence-corrected chi connectivity index (χ4v) is 5.86. The van der Waals surface area contributed by atoms with Crippen LogP contribution in [0.4, 0.5) is 0 Å². The van der Waals surface area contributed by atoms with E-state index in [0.29, 0.717) is 60.9 Å². The number of ether oxygens (including phenoxy) is 6. The smallest absolute Gasteiger partial charge is 0.123 e. The molecule has 6 heteroatoms. The molecule has 0 saturated heterocycles. The summed E-state index contributed by atoms with van der Waals surface area (Å²) in [7, 11) is 0. The van der Waals surface area contributed by atoms with E-state index in [1.54, 1.807) is 0 Å². The van der Waals surface area contributed by atoms with Crippen LogP contribution in [0.15, 0.2) is 176 Å². The average Bonchev–Trinajstić information content (AvgIpc) is 3.23. The minimum absolute atomic E-state index is 0.288. The first-order valence-corrected chi connectivity index (χ1v) is 18.3. The van der Waals surface area contributed by atoms with E-state index >= 15 is 0 Å². The Morgan fingerprint density at radius 1 is 0.255 bits per heavy atom. The molecule has 6 nitrogen and oxygen atoms in total. The Bertz CT molecular complexity index is 1940. The van der Waals surface area contributed by atoms with Crippen molar-refractivity contribution in [3.8, 4) is 34.5 Å². The van der Waals surface area contributed by atoms with E-state index < -0.39 is 0 Å². The molecule has 7 aromatic carbocycles. The Balaban J connectivity index is 1.03. The largest absolute Gasteiger partial charge is 0.489 e. The molecule has 0 N–H and O–H groups in total. The molecule has 7 rings (SSSR count).